The Balaban J connectivity index is -0.0000000413. The zero-order valence-electron chi connectivity index (χ0n) is 13.8. The molecule has 106 valence electrons. The Morgan fingerprint density at radius 1 is 0.529 bits per heavy atom. The van der Waals surface area contributed by atoms with Crippen molar-refractivity contribution in [2.24, 2.45) is 0 Å². The summed E-state index contributed by atoms with van der Waals surface area (Å²) < 4.78 is 0. The van der Waals surface area contributed by atoms with Gasteiger partial charge in [-0.15, -0.1) is 0 Å². The second kappa shape index (κ2) is 59.9. The molecule has 1 aromatic carbocycles. The molecule has 0 aromatic heterocycles. The number of benzene rings is 1. The van der Waals surface area contributed by atoms with Gasteiger partial charge in [0.2, 0.25) is 0 Å². The second-order valence-electron chi connectivity index (χ2n) is 1.34. The number of phenols is 1. The molecule has 0 fully saturated rings. The van der Waals surface area contributed by atoms with Crippen molar-refractivity contribution in [1.82, 2.24) is 0 Å². The summed E-state index contributed by atoms with van der Waals surface area (Å²) in [4.78, 5) is 0. The molecule has 0 saturated carbocycles. The van der Waals surface area contributed by atoms with Crippen LogP contribution in [0.5, 0.6) is 5.75 Å². The van der Waals surface area contributed by atoms with Crippen LogP contribution in [0.2, 0.25) is 0 Å². The van der Waals surface area contributed by atoms with Gasteiger partial charge in [0.25, 0.3) is 0 Å². The fourth-order valence-electron chi connectivity index (χ4n) is 0.428. The third kappa shape index (κ3) is 51.7. The number of aromatic hydroxyl groups is 1. The summed E-state index contributed by atoms with van der Waals surface area (Å²) in [5.74, 6) is 0.322. The van der Waals surface area contributed by atoms with Crippen molar-refractivity contribution in [3.05, 3.63) is 30.3 Å². The highest BCUT2D eigenvalue weighted by molar-refractivity contribution is 5.18. The van der Waals surface area contributed by atoms with Crippen molar-refractivity contribution in [3.63, 3.8) is 0 Å². The molecule has 1 aromatic rings. The number of phenolic OH excluding ortho intramolecular Hbond substituents is 1. The lowest BCUT2D eigenvalue weighted by molar-refractivity contribution is 0.475. The SMILES string of the molecule is CC.CC.CC.CC.CC.Oc1ccccc1. The van der Waals surface area contributed by atoms with Crippen LogP contribution >= 0.6 is 0 Å². The van der Waals surface area contributed by atoms with Gasteiger partial charge in [0.05, 0.1) is 0 Å². The summed E-state index contributed by atoms with van der Waals surface area (Å²) in [5.41, 5.74) is 0. The first-order valence-electron chi connectivity index (χ1n) is 7.13. The first kappa shape index (κ1) is 29.8. The average molecular weight is 244 g/mol. The van der Waals surface area contributed by atoms with Gasteiger partial charge in [0.15, 0.2) is 0 Å². The van der Waals surface area contributed by atoms with Crippen LogP contribution < -0.4 is 0 Å². The van der Waals surface area contributed by atoms with E-state index in [1.54, 1.807) is 24.3 Å². The molecule has 0 aliphatic carbocycles. The van der Waals surface area contributed by atoms with E-state index in [0.29, 0.717) is 5.75 Å². The summed E-state index contributed by atoms with van der Waals surface area (Å²) in [6.07, 6.45) is 0. The van der Waals surface area contributed by atoms with Crippen LogP contribution in [0.3, 0.4) is 0 Å². The quantitative estimate of drug-likeness (QED) is 0.550. The number of rotatable bonds is 0. The predicted octanol–water partition coefficient (Wildman–Crippen LogP) is 6.52. The van der Waals surface area contributed by atoms with Crippen molar-refractivity contribution in [2.75, 3.05) is 0 Å². The number of hydrogen-bond acceptors (Lipinski definition) is 1. The van der Waals surface area contributed by atoms with Crippen LogP contribution in [0.25, 0.3) is 0 Å². The molecule has 1 rings (SSSR count). The average Bonchev–Trinajstić information content (AvgIpc) is 2.50. The van der Waals surface area contributed by atoms with Crippen molar-refractivity contribution < 1.29 is 5.11 Å². The van der Waals surface area contributed by atoms with Gasteiger partial charge in [-0.1, -0.05) is 87.4 Å². The highest BCUT2D eigenvalue weighted by atomic mass is 16.3. The standard InChI is InChI=1S/C6H6O.5C2H6/c7-6-4-2-1-3-5-6;5*1-2/h1-5,7H;5*1-2H3. The van der Waals surface area contributed by atoms with Gasteiger partial charge in [-0.3, -0.25) is 0 Å². The van der Waals surface area contributed by atoms with Gasteiger partial charge >= 0.3 is 0 Å². The van der Waals surface area contributed by atoms with Crippen molar-refractivity contribution in [3.8, 4) is 5.75 Å². The van der Waals surface area contributed by atoms with Gasteiger partial charge in [0.1, 0.15) is 5.75 Å². The molecule has 1 nitrogen and oxygen atoms in total. The zero-order valence-corrected chi connectivity index (χ0v) is 13.8. The van der Waals surface area contributed by atoms with E-state index in [4.69, 9.17) is 5.11 Å². The Morgan fingerprint density at radius 2 is 0.765 bits per heavy atom. The highest BCUT2D eigenvalue weighted by Crippen LogP contribution is 2.02. The minimum atomic E-state index is 0.322. The Kier molecular flexibility index (Phi) is 105. The third-order valence-corrected chi connectivity index (χ3v) is 0.756. The molecular weight excluding hydrogens is 208 g/mol. The maximum absolute atomic E-state index is 8.63. The van der Waals surface area contributed by atoms with E-state index in [-0.39, 0.29) is 0 Å². The van der Waals surface area contributed by atoms with Crippen LogP contribution in [-0.4, -0.2) is 5.11 Å². The largest absolute Gasteiger partial charge is 0.508 e. The van der Waals surface area contributed by atoms with E-state index in [9.17, 15) is 0 Å². The summed E-state index contributed by atoms with van der Waals surface area (Å²) in [6, 6.07) is 8.71. The molecule has 1 N–H and O–H groups in total. The van der Waals surface area contributed by atoms with E-state index in [1.165, 1.54) is 0 Å². The summed E-state index contributed by atoms with van der Waals surface area (Å²) in [6.45, 7) is 20.0. The Bertz CT molecular complexity index is 135. The molecule has 0 atom stereocenters. The van der Waals surface area contributed by atoms with E-state index in [1.807, 2.05) is 75.3 Å². The van der Waals surface area contributed by atoms with Crippen LogP contribution in [0.15, 0.2) is 30.3 Å². The van der Waals surface area contributed by atoms with Gasteiger partial charge < -0.3 is 5.11 Å². The summed E-state index contributed by atoms with van der Waals surface area (Å²) >= 11 is 0. The smallest absolute Gasteiger partial charge is 0.115 e. The van der Waals surface area contributed by atoms with Crippen LogP contribution in [0, 0.1) is 0 Å². The molecule has 0 amide bonds. The number of para-hydroxylation sites is 1. The lowest BCUT2D eigenvalue weighted by Crippen LogP contribution is -1.56. The Morgan fingerprint density at radius 3 is 0.882 bits per heavy atom. The molecular formula is C16H36O. The Labute approximate surface area is 111 Å². The van der Waals surface area contributed by atoms with Gasteiger partial charge in [-0.05, 0) is 12.1 Å². The van der Waals surface area contributed by atoms with E-state index < -0.39 is 0 Å². The first-order valence-corrected chi connectivity index (χ1v) is 7.13. The van der Waals surface area contributed by atoms with E-state index >= 15 is 0 Å². The lowest BCUT2D eigenvalue weighted by atomic mass is 10.3. The first-order chi connectivity index (χ1) is 8.39. The summed E-state index contributed by atoms with van der Waals surface area (Å²) in [5, 5.41) is 8.63. The van der Waals surface area contributed by atoms with E-state index in [2.05, 4.69) is 0 Å². The minimum absolute atomic E-state index is 0.322. The number of hydrogen-bond donors (Lipinski definition) is 1. The third-order valence-electron chi connectivity index (χ3n) is 0.756. The van der Waals surface area contributed by atoms with Crippen molar-refractivity contribution >= 4 is 0 Å². The molecule has 0 aliphatic rings. The molecule has 0 radical (unpaired) electrons. The van der Waals surface area contributed by atoms with E-state index in [0.717, 1.165) is 0 Å². The topological polar surface area (TPSA) is 20.2 Å². The molecule has 0 unspecified atom stereocenters. The fraction of sp³-hybridized carbons (Fsp3) is 0.625. The monoisotopic (exact) mass is 244 g/mol. The molecule has 17 heavy (non-hydrogen) atoms. The van der Waals surface area contributed by atoms with Gasteiger partial charge in [-0.2, -0.15) is 0 Å². The molecule has 0 spiro atoms. The molecule has 0 saturated heterocycles. The van der Waals surface area contributed by atoms with Crippen LogP contribution in [0.4, 0.5) is 0 Å². The minimum Gasteiger partial charge on any atom is -0.508 e. The van der Waals surface area contributed by atoms with Crippen molar-refractivity contribution in [1.29, 1.82) is 0 Å². The molecule has 1 heteroatoms. The van der Waals surface area contributed by atoms with Crippen LogP contribution in [0.1, 0.15) is 69.2 Å². The maximum atomic E-state index is 8.63. The van der Waals surface area contributed by atoms with Crippen molar-refractivity contribution in [2.45, 2.75) is 69.2 Å². The van der Waals surface area contributed by atoms with Gasteiger partial charge in [0, 0.05) is 0 Å². The normalized spacial score (nSPS) is 5.29. The maximum Gasteiger partial charge on any atom is 0.115 e. The molecule has 0 aliphatic heterocycles. The molecule has 0 bridgehead atoms. The second-order valence-corrected chi connectivity index (χ2v) is 1.34. The Hall–Kier alpha value is -0.980. The lowest BCUT2D eigenvalue weighted by Gasteiger charge is -1.82. The highest BCUT2D eigenvalue weighted by Gasteiger charge is 1.74. The molecule has 0 heterocycles. The fourth-order valence-corrected chi connectivity index (χ4v) is 0.428. The van der Waals surface area contributed by atoms with Crippen LogP contribution in [-0.2, 0) is 0 Å². The summed E-state index contributed by atoms with van der Waals surface area (Å²) in [7, 11) is 0. The predicted molar refractivity (Wildman–Crippen MR) is 84.8 cm³/mol. The zero-order chi connectivity index (χ0) is 15.1. The van der Waals surface area contributed by atoms with Gasteiger partial charge in [-0.25, -0.2) is 0 Å².